The average molecular weight is 221 g/mol. The molecule has 0 heterocycles. The summed E-state index contributed by atoms with van der Waals surface area (Å²) in [5.41, 5.74) is 7.46. The van der Waals surface area contributed by atoms with E-state index in [4.69, 9.17) is 15.6 Å². The van der Waals surface area contributed by atoms with Crippen LogP contribution in [0.25, 0.3) is 0 Å². The summed E-state index contributed by atoms with van der Waals surface area (Å²) in [5, 5.41) is 8.88. The molecule has 1 aromatic carbocycles. The molecule has 0 radical (unpaired) electrons. The fourth-order valence-electron chi connectivity index (χ4n) is 2.31. The lowest BCUT2D eigenvalue weighted by molar-refractivity contribution is -0.138. The Morgan fingerprint density at radius 1 is 1.62 bits per heavy atom. The van der Waals surface area contributed by atoms with Gasteiger partial charge in [-0.15, -0.1) is 0 Å². The van der Waals surface area contributed by atoms with Gasteiger partial charge in [0.1, 0.15) is 5.75 Å². The van der Waals surface area contributed by atoms with Crippen molar-refractivity contribution in [1.82, 2.24) is 0 Å². The normalized spacial score (nSPS) is 22.9. The van der Waals surface area contributed by atoms with E-state index in [1.165, 1.54) is 0 Å². The van der Waals surface area contributed by atoms with E-state index >= 15 is 0 Å². The predicted molar refractivity (Wildman–Crippen MR) is 59.4 cm³/mol. The molecule has 0 bridgehead atoms. The van der Waals surface area contributed by atoms with Crippen LogP contribution < -0.4 is 10.5 Å². The SMILES string of the molecule is COc1ccc2c(c1)[C@](N)(CC(=O)O)CC2. The number of nitrogens with two attached hydrogens (primary N) is 1. The minimum atomic E-state index is -0.863. The Bertz CT molecular complexity index is 430. The lowest BCUT2D eigenvalue weighted by atomic mass is 9.89. The first-order valence-corrected chi connectivity index (χ1v) is 5.23. The van der Waals surface area contributed by atoms with E-state index in [2.05, 4.69) is 0 Å². The quantitative estimate of drug-likeness (QED) is 0.806. The van der Waals surface area contributed by atoms with Crippen LogP contribution in [-0.4, -0.2) is 18.2 Å². The molecule has 16 heavy (non-hydrogen) atoms. The van der Waals surface area contributed by atoms with Gasteiger partial charge in [0.15, 0.2) is 0 Å². The van der Waals surface area contributed by atoms with E-state index in [0.717, 1.165) is 23.3 Å². The molecule has 0 aromatic heterocycles. The van der Waals surface area contributed by atoms with Crippen molar-refractivity contribution in [2.75, 3.05) is 7.11 Å². The molecule has 1 aliphatic carbocycles. The molecule has 0 saturated heterocycles. The summed E-state index contributed by atoms with van der Waals surface area (Å²) in [7, 11) is 1.59. The number of rotatable bonds is 3. The summed E-state index contributed by atoms with van der Waals surface area (Å²) < 4.78 is 5.13. The van der Waals surface area contributed by atoms with Gasteiger partial charge in [0.2, 0.25) is 0 Å². The van der Waals surface area contributed by atoms with Gasteiger partial charge < -0.3 is 15.6 Å². The zero-order chi connectivity index (χ0) is 11.8. The molecule has 1 aliphatic rings. The Labute approximate surface area is 94.0 Å². The largest absolute Gasteiger partial charge is 0.497 e. The van der Waals surface area contributed by atoms with Crippen LogP contribution in [0.2, 0.25) is 0 Å². The molecule has 2 rings (SSSR count). The second kappa shape index (κ2) is 3.79. The molecule has 86 valence electrons. The Kier molecular flexibility index (Phi) is 2.59. The van der Waals surface area contributed by atoms with E-state index in [0.29, 0.717) is 6.42 Å². The van der Waals surface area contributed by atoms with Crippen molar-refractivity contribution in [2.45, 2.75) is 24.8 Å². The van der Waals surface area contributed by atoms with E-state index < -0.39 is 11.5 Å². The minimum Gasteiger partial charge on any atom is -0.497 e. The van der Waals surface area contributed by atoms with Crippen LogP contribution in [0.1, 0.15) is 24.0 Å². The zero-order valence-corrected chi connectivity index (χ0v) is 9.19. The molecule has 1 aromatic rings. The molecule has 4 heteroatoms. The van der Waals surface area contributed by atoms with Gasteiger partial charge in [0.05, 0.1) is 19.1 Å². The third-order valence-corrected chi connectivity index (χ3v) is 3.16. The summed E-state index contributed by atoms with van der Waals surface area (Å²) >= 11 is 0. The fourth-order valence-corrected chi connectivity index (χ4v) is 2.31. The van der Waals surface area contributed by atoms with Crippen LogP contribution in [0.5, 0.6) is 5.75 Å². The van der Waals surface area contributed by atoms with Crippen LogP contribution in [0.15, 0.2) is 18.2 Å². The number of hydrogen-bond acceptors (Lipinski definition) is 3. The molecule has 0 amide bonds. The molecule has 3 N–H and O–H groups in total. The number of fused-ring (bicyclic) bond motifs is 1. The average Bonchev–Trinajstić information content (AvgIpc) is 2.55. The Hall–Kier alpha value is -1.55. The number of carbonyl (C=O) groups is 1. The van der Waals surface area contributed by atoms with Crippen molar-refractivity contribution in [3.05, 3.63) is 29.3 Å². The molecule has 0 spiro atoms. The van der Waals surface area contributed by atoms with Gasteiger partial charge in [-0.05, 0) is 36.1 Å². The number of aryl methyl sites for hydroxylation is 1. The van der Waals surface area contributed by atoms with Crippen LogP contribution in [0.4, 0.5) is 0 Å². The summed E-state index contributed by atoms with van der Waals surface area (Å²) in [4.78, 5) is 10.8. The van der Waals surface area contributed by atoms with Crippen LogP contribution in [-0.2, 0) is 16.8 Å². The molecule has 0 saturated carbocycles. The van der Waals surface area contributed by atoms with Crippen molar-refractivity contribution in [3.8, 4) is 5.75 Å². The second-order valence-electron chi connectivity index (χ2n) is 4.25. The maximum atomic E-state index is 10.8. The van der Waals surface area contributed by atoms with Crippen molar-refractivity contribution < 1.29 is 14.6 Å². The lowest BCUT2D eigenvalue weighted by Gasteiger charge is -2.23. The molecule has 1 atom stereocenters. The second-order valence-corrected chi connectivity index (χ2v) is 4.25. The van der Waals surface area contributed by atoms with Crippen molar-refractivity contribution >= 4 is 5.97 Å². The molecular formula is C12H15NO3. The summed E-state index contributed by atoms with van der Waals surface area (Å²) in [5.74, 6) is -0.140. The van der Waals surface area contributed by atoms with Gasteiger partial charge >= 0.3 is 5.97 Å². The first-order chi connectivity index (χ1) is 7.55. The number of ether oxygens (including phenoxy) is 1. The third kappa shape index (κ3) is 1.76. The van der Waals surface area contributed by atoms with E-state index in [1.807, 2.05) is 18.2 Å². The molecule has 0 aliphatic heterocycles. The van der Waals surface area contributed by atoms with Crippen molar-refractivity contribution in [1.29, 1.82) is 0 Å². The Morgan fingerprint density at radius 3 is 3.00 bits per heavy atom. The summed E-state index contributed by atoms with van der Waals surface area (Å²) in [6.07, 6.45) is 1.48. The van der Waals surface area contributed by atoms with Gasteiger partial charge in [0.25, 0.3) is 0 Å². The molecule has 0 unspecified atom stereocenters. The van der Waals surface area contributed by atoms with Gasteiger partial charge in [-0.25, -0.2) is 0 Å². The number of aliphatic carboxylic acids is 1. The van der Waals surface area contributed by atoms with Crippen LogP contribution >= 0.6 is 0 Å². The van der Waals surface area contributed by atoms with Crippen molar-refractivity contribution in [3.63, 3.8) is 0 Å². The monoisotopic (exact) mass is 221 g/mol. The standard InChI is InChI=1S/C12H15NO3/c1-16-9-3-2-8-4-5-12(13,7-11(14)15)10(8)6-9/h2-3,6H,4-5,7,13H2,1H3,(H,14,15)/t12-/m1/s1. The highest BCUT2D eigenvalue weighted by atomic mass is 16.5. The van der Waals surface area contributed by atoms with E-state index in [1.54, 1.807) is 7.11 Å². The van der Waals surface area contributed by atoms with Crippen LogP contribution in [0, 0.1) is 0 Å². The minimum absolute atomic E-state index is 0.0346. The Morgan fingerprint density at radius 2 is 2.38 bits per heavy atom. The maximum absolute atomic E-state index is 10.8. The fraction of sp³-hybridized carbons (Fsp3) is 0.417. The van der Waals surface area contributed by atoms with Gasteiger partial charge in [0, 0.05) is 0 Å². The summed E-state index contributed by atoms with van der Waals surface area (Å²) in [6, 6.07) is 5.70. The van der Waals surface area contributed by atoms with E-state index in [-0.39, 0.29) is 6.42 Å². The highest BCUT2D eigenvalue weighted by Gasteiger charge is 2.37. The third-order valence-electron chi connectivity index (χ3n) is 3.16. The number of carboxylic acid groups (broad SMARTS) is 1. The highest BCUT2D eigenvalue weighted by molar-refractivity contribution is 5.69. The number of hydrogen-bond donors (Lipinski definition) is 2. The topological polar surface area (TPSA) is 72.5 Å². The smallest absolute Gasteiger partial charge is 0.305 e. The zero-order valence-electron chi connectivity index (χ0n) is 9.19. The lowest BCUT2D eigenvalue weighted by Crippen LogP contribution is -2.36. The van der Waals surface area contributed by atoms with Gasteiger partial charge in [-0.2, -0.15) is 0 Å². The number of carboxylic acids is 1. The highest BCUT2D eigenvalue weighted by Crippen LogP contribution is 2.39. The molecule has 0 fully saturated rings. The Balaban J connectivity index is 2.40. The van der Waals surface area contributed by atoms with Gasteiger partial charge in [-0.3, -0.25) is 4.79 Å². The number of methoxy groups -OCH3 is 1. The maximum Gasteiger partial charge on any atom is 0.305 e. The molecule has 4 nitrogen and oxygen atoms in total. The first-order valence-electron chi connectivity index (χ1n) is 5.23. The van der Waals surface area contributed by atoms with Crippen molar-refractivity contribution in [2.24, 2.45) is 5.73 Å². The molecular weight excluding hydrogens is 206 g/mol. The van der Waals surface area contributed by atoms with Crippen LogP contribution in [0.3, 0.4) is 0 Å². The summed E-state index contributed by atoms with van der Waals surface area (Å²) in [6.45, 7) is 0. The predicted octanol–water partition coefficient (Wildman–Crippen LogP) is 1.27. The van der Waals surface area contributed by atoms with E-state index in [9.17, 15) is 4.79 Å². The first kappa shape index (κ1) is 11.0. The van der Waals surface area contributed by atoms with Gasteiger partial charge in [-0.1, -0.05) is 6.07 Å². The number of benzene rings is 1.